The molecule has 26 heavy (non-hydrogen) atoms. The van der Waals surface area contributed by atoms with Crippen molar-refractivity contribution >= 4 is 34.3 Å². The minimum absolute atomic E-state index is 0.274. The van der Waals surface area contributed by atoms with Crippen LogP contribution in [0.3, 0.4) is 0 Å². The van der Waals surface area contributed by atoms with Crippen LogP contribution < -0.4 is 0 Å². The van der Waals surface area contributed by atoms with Gasteiger partial charge in [0, 0.05) is 22.0 Å². The van der Waals surface area contributed by atoms with Crippen molar-refractivity contribution in [2.45, 2.75) is 44.6 Å². The molecule has 4 nitrogen and oxygen atoms in total. The molecular formula is C20H22ClN3OS. The van der Waals surface area contributed by atoms with E-state index in [2.05, 4.69) is 9.88 Å². The Bertz CT molecular complexity index is 835. The summed E-state index contributed by atoms with van der Waals surface area (Å²) in [6.07, 6.45) is 7.19. The summed E-state index contributed by atoms with van der Waals surface area (Å²) in [7, 11) is 0. The maximum absolute atomic E-state index is 10.5. The Hall–Kier alpha value is -1.85. The van der Waals surface area contributed by atoms with Gasteiger partial charge in [0.25, 0.3) is 0 Å². The molecule has 6 heteroatoms. The molecule has 1 aliphatic heterocycles. The summed E-state index contributed by atoms with van der Waals surface area (Å²) in [5.41, 5.74) is 2.43. The standard InChI is InChI=1S/C20H22ClN3OS/c21-14-9-7-13(8-10-14)16-12-26-20(23-16)18-17(25)11-24(19(18)22)15-5-3-1-2-4-6-15/h7-10,12,15,22,25H,1-6,11H2. The zero-order valence-corrected chi connectivity index (χ0v) is 16.1. The first kappa shape index (κ1) is 17.6. The average Bonchev–Trinajstić information content (AvgIpc) is 3.10. The molecule has 0 bridgehead atoms. The molecule has 0 spiro atoms. The first-order valence-corrected chi connectivity index (χ1v) is 10.4. The first-order chi connectivity index (χ1) is 12.6. The number of hydrogen-bond donors (Lipinski definition) is 2. The fraction of sp³-hybridized carbons (Fsp3) is 0.400. The molecule has 2 N–H and O–H groups in total. The number of nitrogens with one attached hydrogen (secondary N) is 1. The van der Waals surface area contributed by atoms with Crippen molar-refractivity contribution < 1.29 is 5.11 Å². The SMILES string of the molecule is N=C1C(c2nc(-c3ccc(Cl)cc3)cs2)=C(O)CN1C1CCCCCC1. The van der Waals surface area contributed by atoms with E-state index >= 15 is 0 Å². The molecule has 4 rings (SSSR count). The Labute approximate surface area is 162 Å². The molecule has 0 amide bonds. The summed E-state index contributed by atoms with van der Waals surface area (Å²) in [6.45, 7) is 0.439. The number of hydrogen-bond acceptors (Lipinski definition) is 4. The van der Waals surface area contributed by atoms with Crippen molar-refractivity contribution in [3.8, 4) is 11.3 Å². The van der Waals surface area contributed by atoms with Gasteiger partial charge in [0.2, 0.25) is 0 Å². The monoisotopic (exact) mass is 387 g/mol. The zero-order valence-electron chi connectivity index (χ0n) is 14.5. The van der Waals surface area contributed by atoms with Crippen LogP contribution in [0, 0.1) is 5.41 Å². The predicted octanol–water partition coefficient (Wildman–Crippen LogP) is 5.75. The number of rotatable bonds is 3. The lowest BCUT2D eigenvalue weighted by molar-refractivity contribution is 0.274. The summed E-state index contributed by atoms with van der Waals surface area (Å²) in [4.78, 5) is 6.75. The number of halogens is 1. The van der Waals surface area contributed by atoms with E-state index in [1.165, 1.54) is 37.0 Å². The summed E-state index contributed by atoms with van der Waals surface area (Å²) in [6, 6.07) is 7.93. The molecule has 0 atom stereocenters. The number of benzene rings is 1. The molecule has 2 aromatic rings. The van der Waals surface area contributed by atoms with Crippen LogP contribution in [0.4, 0.5) is 0 Å². The second kappa shape index (κ2) is 7.41. The first-order valence-electron chi connectivity index (χ1n) is 9.13. The van der Waals surface area contributed by atoms with Crippen LogP contribution in [0.2, 0.25) is 5.02 Å². The van der Waals surface area contributed by atoms with Crippen molar-refractivity contribution in [2.24, 2.45) is 0 Å². The third-order valence-corrected chi connectivity index (χ3v) is 6.37. The number of aliphatic hydroxyl groups is 1. The number of thiazole rings is 1. The van der Waals surface area contributed by atoms with Gasteiger partial charge in [-0.15, -0.1) is 11.3 Å². The second-order valence-electron chi connectivity index (χ2n) is 6.99. The minimum Gasteiger partial charge on any atom is -0.510 e. The lowest BCUT2D eigenvalue weighted by Gasteiger charge is -2.28. The highest BCUT2D eigenvalue weighted by Crippen LogP contribution is 2.35. The third-order valence-electron chi connectivity index (χ3n) is 5.26. The van der Waals surface area contributed by atoms with E-state index < -0.39 is 0 Å². The maximum atomic E-state index is 10.5. The van der Waals surface area contributed by atoms with Crippen LogP contribution in [0.15, 0.2) is 35.4 Å². The average molecular weight is 388 g/mol. The summed E-state index contributed by atoms with van der Waals surface area (Å²) < 4.78 is 0. The van der Waals surface area contributed by atoms with Crippen molar-refractivity contribution in [1.29, 1.82) is 5.41 Å². The highest BCUT2D eigenvalue weighted by Gasteiger charge is 2.34. The molecular weight excluding hydrogens is 366 g/mol. The van der Waals surface area contributed by atoms with Crippen molar-refractivity contribution in [1.82, 2.24) is 9.88 Å². The Morgan fingerprint density at radius 3 is 2.50 bits per heavy atom. The molecule has 0 saturated heterocycles. The number of aliphatic hydroxyl groups excluding tert-OH is 1. The highest BCUT2D eigenvalue weighted by molar-refractivity contribution is 7.11. The van der Waals surface area contributed by atoms with Gasteiger partial charge in [-0.05, 0) is 25.0 Å². The van der Waals surface area contributed by atoms with E-state index in [0.29, 0.717) is 34.0 Å². The van der Waals surface area contributed by atoms with E-state index in [4.69, 9.17) is 17.0 Å². The lowest BCUT2D eigenvalue weighted by Crippen LogP contribution is -2.37. The smallest absolute Gasteiger partial charge is 0.135 e. The van der Waals surface area contributed by atoms with Gasteiger partial charge in [-0.3, -0.25) is 5.41 Å². The van der Waals surface area contributed by atoms with Gasteiger partial charge in [-0.2, -0.15) is 0 Å². The van der Waals surface area contributed by atoms with E-state index in [9.17, 15) is 5.11 Å². The number of aromatic nitrogens is 1. The minimum atomic E-state index is 0.274. The summed E-state index contributed by atoms with van der Waals surface area (Å²) in [5, 5.41) is 22.6. The van der Waals surface area contributed by atoms with Crippen LogP contribution >= 0.6 is 22.9 Å². The Kier molecular flexibility index (Phi) is 5.00. The van der Waals surface area contributed by atoms with Crippen molar-refractivity contribution in [2.75, 3.05) is 6.54 Å². The molecule has 1 aliphatic carbocycles. The van der Waals surface area contributed by atoms with Gasteiger partial charge in [0.1, 0.15) is 16.6 Å². The van der Waals surface area contributed by atoms with E-state index in [0.717, 1.165) is 24.1 Å². The lowest BCUT2D eigenvalue weighted by atomic mass is 10.1. The Morgan fingerprint density at radius 2 is 1.81 bits per heavy atom. The third kappa shape index (κ3) is 3.38. The number of amidine groups is 1. The second-order valence-corrected chi connectivity index (χ2v) is 8.28. The Morgan fingerprint density at radius 1 is 1.12 bits per heavy atom. The van der Waals surface area contributed by atoms with Crippen LogP contribution in [0.1, 0.15) is 43.5 Å². The van der Waals surface area contributed by atoms with E-state index in [1.807, 2.05) is 29.6 Å². The molecule has 1 aromatic heterocycles. The molecule has 1 aromatic carbocycles. The van der Waals surface area contributed by atoms with Gasteiger partial charge in [-0.25, -0.2) is 4.98 Å². The topological polar surface area (TPSA) is 60.2 Å². The summed E-state index contributed by atoms with van der Waals surface area (Å²) in [5.74, 6) is 0.697. The molecule has 136 valence electrons. The molecule has 1 fully saturated rings. The molecule has 2 heterocycles. The van der Waals surface area contributed by atoms with Gasteiger partial charge in [-0.1, -0.05) is 49.4 Å². The van der Waals surface area contributed by atoms with Gasteiger partial charge < -0.3 is 10.0 Å². The fourth-order valence-corrected chi connectivity index (χ4v) is 4.87. The molecule has 0 unspecified atom stereocenters. The van der Waals surface area contributed by atoms with Crippen molar-refractivity contribution in [3.63, 3.8) is 0 Å². The largest absolute Gasteiger partial charge is 0.510 e. The van der Waals surface area contributed by atoms with Gasteiger partial charge in [0.05, 0.1) is 17.8 Å². The van der Waals surface area contributed by atoms with Crippen molar-refractivity contribution in [3.05, 3.63) is 45.4 Å². The van der Waals surface area contributed by atoms with E-state index in [-0.39, 0.29) is 5.76 Å². The van der Waals surface area contributed by atoms with Crippen LogP contribution in [-0.4, -0.2) is 33.4 Å². The van der Waals surface area contributed by atoms with Crippen LogP contribution in [0.5, 0.6) is 0 Å². The Balaban J connectivity index is 1.56. The zero-order chi connectivity index (χ0) is 18.1. The van der Waals surface area contributed by atoms with Gasteiger partial charge >= 0.3 is 0 Å². The van der Waals surface area contributed by atoms with Gasteiger partial charge in [0.15, 0.2) is 0 Å². The summed E-state index contributed by atoms with van der Waals surface area (Å²) >= 11 is 7.43. The predicted molar refractivity (Wildman–Crippen MR) is 108 cm³/mol. The normalized spacial score (nSPS) is 19.3. The number of nitrogens with zero attached hydrogens (tertiary/aromatic N) is 2. The van der Waals surface area contributed by atoms with Crippen LogP contribution in [0.25, 0.3) is 16.8 Å². The maximum Gasteiger partial charge on any atom is 0.135 e. The molecule has 2 aliphatic rings. The fourth-order valence-electron chi connectivity index (χ4n) is 3.85. The molecule has 0 radical (unpaired) electrons. The quantitative estimate of drug-likeness (QED) is 0.659. The van der Waals surface area contributed by atoms with Crippen LogP contribution in [-0.2, 0) is 0 Å². The van der Waals surface area contributed by atoms with E-state index in [1.54, 1.807) is 0 Å². The highest BCUT2D eigenvalue weighted by atomic mass is 35.5. The molecule has 1 saturated carbocycles.